The van der Waals surface area contributed by atoms with Crippen molar-refractivity contribution in [1.82, 2.24) is 0 Å². The number of hydrogen-bond acceptors (Lipinski definition) is 6. The van der Waals surface area contributed by atoms with E-state index < -0.39 is 43.3 Å². The van der Waals surface area contributed by atoms with Gasteiger partial charge in [0, 0.05) is 31.8 Å². The molecule has 0 aliphatic carbocycles. The first kappa shape index (κ1) is 24.6. The first-order valence-electron chi connectivity index (χ1n) is 11.6. The summed E-state index contributed by atoms with van der Waals surface area (Å²) in [5, 5.41) is 1.78. The van der Waals surface area contributed by atoms with Gasteiger partial charge in [0.05, 0.1) is 13.2 Å². The van der Waals surface area contributed by atoms with Gasteiger partial charge in [-0.05, 0) is 36.4 Å². The van der Waals surface area contributed by atoms with Gasteiger partial charge in [0.2, 0.25) is 0 Å². The van der Waals surface area contributed by atoms with Crippen molar-refractivity contribution in [2.24, 2.45) is 0 Å². The molecule has 3 unspecified atom stereocenters. The van der Waals surface area contributed by atoms with E-state index in [0.29, 0.717) is 15.1 Å². The highest BCUT2D eigenvalue weighted by molar-refractivity contribution is 6.31. The molecule has 3 aromatic rings. The van der Waals surface area contributed by atoms with E-state index in [1.807, 2.05) is 54.6 Å². The Labute approximate surface area is 223 Å². The van der Waals surface area contributed by atoms with Crippen molar-refractivity contribution in [2.75, 3.05) is 13.2 Å². The van der Waals surface area contributed by atoms with Crippen LogP contribution in [0.15, 0.2) is 72.8 Å². The average molecular weight is 550 g/mol. The molecule has 3 aliphatic rings. The Balaban J connectivity index is 1.34. The second-order valence-corrected chi connectivity index (χ2v) is 10.2. The molecule has 6 nitrogen and oxygen atoms in total. The van der Waals surface area contributed by atoms with E-state index in [0.717, 1.165) is 16.7 Å². The summed E-state index contributed by atoms with van der Waals surface area (Å²) in [6.45, 7) is 0.404. The fraction of sp³-hybridized carbons (Fsp3) is 0.333. The van der Waals surface area contributed by atoms with Crippen LogP contribution in [-0.4, -0.2) is 37.6 Å². The van der Waals surface area contributed by atoms with E-state index in [1.165, 1.54) is 0 Å². The Bertz CT molecular complexity index is 1120. The molecule has 3 fully saturated rings. The van der Waals surface area contributed by atoms with Crippen molar-refractivity contribution in [1.29, 1.82) is 0 Å². The zero-order chi connectivity index (χ0) is 24.6. The van der Waals surface area contributed by atoms with Crippen LogP contribution in [0.25, 0.3) is 0 Å². The summed E-state index contributed by atoms with van der Waals surface area (Å²) < 4.78 is 38.2. The van der Waals surface area contributed by atoms with Crippen molar-refractivity contribution in [3.05, 3.63) is 105 Å². The van der Waals surface area contributed by atoms with Crippen LogP contribution in [0.3, 0.4) is 0 Å². The van der Waals surface area contributed by atoms with E-state index in [1.54, 1.807) is 18.2 Å². The molecule has 3 heterocycles. The molecule has 0 amide bonds. The molecule has 4 bridgehead atoms. The zero-order valence-corrected chi connectivity index (χ0v) is 21.2. The minimum Gasteiger partial charge on any atom is -0.346 e. The summed E-state index contributed by atoms with van der Waals surface area (Å²) in [7, 11) is 0. The molecule has 188 valence electrons. The van der Waals surface area contributed by atoms with E-state index in [4.69, 9.17) is 63.2 Å². The van der Waals surface area contributed by atoms with Gasteiger partial charge in [-0.25, -0.2) is 0 Å². The number of halogens is 3. The van der Waals surface area contributed by atoms with E-state index in [2.05, 4.69) is 0 Å². The summed E-state index contributed by atoms with van der Waals surface area (Å²) in [5.74, 6) is 0. The fourth-order valence-corrected chi connectivity index (χ4v) is 5.32. The Kier molecular flexibility index (Phi) is 7.23. The molecule has 3 aliphatic heterocycles. The third kappa shape index (κ3) is 5.16. The number of benzene rings is 3. The number of rotatable bonds is 3. The lowest BCUT2D eigenvalue weighted by Gasteiger charge is -2.45. The predicted octanol–water partition coefficient (Wildman–Crippen LogP) is 6.66. The van der Waals surface area contributed by atoms with Crippen LogP contribution in [-0.2, 0) is 28.4 Å². The Morgan fingerprint density at radius 1 is 0.500 bits per heavy atom. The molecule has 3 saturated heterocycles. The summed E-state index contributed by atoms with van der Waals surface area (Å²) in [5.41, 5.74) is 2.39. The van der Waals surface area contributed by atoms with Crippen LogP contribution in [0.5, 0.6) is 0 Å². The van der Waals surface area contributed by atoms with Crippen molar-refractivity contribution < 1.29 is 28.4 Å². The van der Waals surface area contributed by atoms with Gasteiger partial charge in [0.25, 0.3) is 0 Å². The van der Waals surface area contributed by atoms with E-state index >= 15 is 0 Å². The van der Waals surface area contributed by atoms with Gasteiger partial charge in [-0.2, -0.15) is 0 Å². The Hall–Kier alpha value is -1.71. The molecule has 3 aromatic carbocycles. The quantitative estimate of drug-likeness (QED) is 0.364. The van der Waals surface area contributed by atoms with Crippen LogP contribution < -0.4 is 0 Å². The maximum atomic E-state index is 6.48. The lowest BCUT2D eigenvalue weighted by Crippen LogP contribution is -2.57. The predicted molar refractivity (Wildman–Crippen MR) is 134 cm³/mol. The van der Waals surface area contributed by atoms with Gasteiger partial charge in [-0.1, -0.05) is 71.2 Å². The van der Waals surface area contributed by atoms with Gasteiger partial charge < -0.3 is 28.4 Å². The topological polar surface area (TPSA) is 55.4 Å². The first-order chi connectivity index (χ1) is 17.5. The number of hydrogen-bond donors (Lipinski definition) is 0. The molecule has 7 atom stereocenters. The number of ether oxygens (including phenoxy) is 6. The second-order valence-electron chi connectivity index (χ2n) is 8.88. The highest BCUT2D eigenvalue weighted by Crippen LogP contribution is 2.42. The van der Waals surface area contributed by atoms with Gasteiger partial charge in [-0.15, -0.1) is 0 Å². The molecule has 0 radical (unpaired) electrons. The third-order valence-corrected chi connectivity index (χ3v) is 7.11. The normalized spacial score (nSPS) is 32.2. The van der Waals surface area contributed by atoms with Crippen molar-refractivity contribution in [3.63, 3.8) is 0 Å². The van der Waals surface area contributed by atoms with Crippen LogP contribution in [0.2, 0.25) is 15.1 Å². The van der Waals surface area contributed by atoms with Gasteiger partial charge >= 0.3 is 0 Å². The summed E-state index contributed by atoms with van der Waals surface area (Å²) in [6, 6.07) is 22.2. The van der Waals surface area contributed by atoms with Crippen molar-refractivity contribution in [3.8, 4) is 0 Å². The van der Waals surface area contributed by atoms with Crippen LogP contribution in [0.4, 0.5) is 0 Å². The van der Waals surface area contributed by atoms with Crippen molar-refractivity contribution >= 4 is 34.8 Å². The van der Waals surface area contributed by atoms with Crippen molar-refractivity contribution in [2.45, 2.75) is 43.3 Å². The summed E-state index contributed by atoms with van der Waals surface area (Å²) in [4.78, 5) is 0. The SMILES string of the molecule is Clc1cccc(C2OC[C@@H]3OC(c4cccc(Cl)c4)OC[C@H]4OC(c5cccc(Cl)c5)O[C@H]3[C@@H]4O2)c1. The highest BCUT2D eigenvalue weighted by Gasteiger charge is 2.50. The zero-order valence-electron chi connectivity index (χ0n) is 19.0. The summed E-state index contributed by atoms with van der Waals surface area (Å²) >= 11 is 18.7. The van der Waals surface area contributed by atoms with Crippen LogP contribution >= 0.6 is 34.8 Å². The van der Waals surface area contributed by atoms with Crippen LogP contribution in [0, 0.1) is 0 Å². The Morgan fingerprint density at radius 2 is 0.889 bits per heavy atom. The molecule has 0 N–H and O–H groups in total. The third-order valence-electron chi connectivity index (χ3n) is 6.40. The monoisotopic (exact) mass is 548 g/mol. The van der Waals surface area contributed by atoms with E-state index in [-0.39, 0.29) is 13.2 Å². The molecule has 0 aromatic heterocycles. The van der Waals surface area contributed by atoms with Gasteiger partial charge in [-0.3, -0.25) is 0 Å². The smallest absolute Gasteiger partial charge is 0.185 e. The highest BCUT2D eigenvalue weighted by atomic mass is 35.5. The maximum absolute atomic E-state index is 6.48. The largest absolute Gasteiger partial charge is 0.346 e. The average Bonchev–Trinajstić information content (AvgIpc) is 3.07. The van der Waals surface area contributed by atoms with Crippen LogP contribution in [0.1, 0.15) is 35.6 Å². The summed E-state index contributed by atoms with van der Waals surface area (Å²) in [6.07, 6.45) is -4.02. The standard InChI is InChI=1S/C27H23Cl3O6/c28-18-7-1-4-15(10-18)25-31-14-22-23-24(36-27(34-22)17-6-3-9-20(30)12-17)21(33-25)13-32-26(35-23)16-5-2-8-19(29)11-16/h1-12,21-27H,13-14H2/t21-,22+,23+,24+,25?,26?,27?/m0/s1. The molecule has 9 heteroatoms. The van der Waals surface area contributed by atoms with E-state index in [9.17, 15) is 0 Å². The second kappa shape index (κ2) is 10.6. The molecule has 0 spiro atoms. The molecular weight excluding hydrogens is 527 g/mol. The molecule has 36 heavy (non-hydrogen) atoms. The van der Waals surface area contributed by atoms with Gasteiger partial charge in [0.15, 0.2) is 18.9 Å². The minimum absolute atomic E-state index is 0.202. The molecule has 6 rings (SSSR count). The lowest BCUT2D eigenvalue weighted by atomic mass is 10.00. The maximum Gasteiger partial charge on any atom is 0.185 e. The fourth-order valence-electron chi connectivity index (χ4n) is 4.72. The van der Waals surface area contributed by atoms with Gasteiger partial charge in [0.1, 0.15) is 24.4 Å². The Morgan fingerprint density at radius 3 is 1.36 bits per heavy atom. The molecular formula is C27H23Cl3O6. The minimum atomic E-state index is -0.680. The lowest BCUT2D eigenvalue weighted by molar-refractivity contribution is -0.354. The first-order valence-corrected chi connectivity index (χ1v) is 12.8. The molecule has 0 saturated carbocycles.